The highest BCUT2D eigenvalue weighted by atomic mass is 19.1. The lowest BCUT2D eigenvalue weighted by Gasteiger charge is -2.25. The van der Waals surface area contributed by atoms with Gasteiger partial charge in [0.2, 0.25) is 5.91 Å². The number of hydrogen-bond acceptors (Lipinski definition) is 3. The summed E-state index contributed by atoms with van der Waals surface area (Å²) < 4.78 is 13.0. The zero-order chi connectivity index (χ0) is 16.4. The van der Waals surface area contributed by atoms with Gasteiger partial charge in [-0.25, -0.2) is 4.39 Å². The molecule has 0 aromatic heterocycles. The zero-order valence-corrected chi connectivity index (χ0v) is 13.6. The number of rotatable bonds is 10. The molecular weight excluding hydrogens is 281 g/mol. The van der Waals surface area contributed by atoms with Crippen LogP contribution in [0.4, 0.5) is 4.39 Å². The van der Waals surface area contributed by atoms with Crippen molar-refractivity contribution in [2.45, 2.75) is 38.1 Å². The number of nitrogens with two attached hydrogens (primary N) is 1. The summed E-state index contributed by atoms with van der Waals surface area (Å²) in [5.74, 6) is -0.176. The summed E-state index contributed by atoms with van der Waals surface area (Å²) in [6, 6.07) is 6.47. The molecular formula is C17H28FN3O. The molecule has 0 aliphatic heterocycles. The minimum atomic E-state index is -0.247. The average molecular weight is 309 g/mol. The van der Waals surface area contributed by atoms with Gasteiger partial charge in [-0.1, -0.05) is 25.0 Å². The molecule has 1 aromatic rings. The number of carbonyl (C=O) groups is 1. The van der Waals surface area contributed by atoms with Crippen LogP contribution in [0.2, 0.25) is 0 Å². The summed E-state index contributed by atoms with van der Waals surface area (Å²) in [5.41, 5.74) is 6.43. The first-order chi connectivity index (χ1) is 10.5. The largest absolute Gasteiger partial charge is 0.354 e. The van der Waals surface area contributed by atoms with Gasteiger partial charge in [-0.05, 0) is 51.2 Å². The van der Waals surface area contributed by atoms with Crippen molar-refractivity contribution in [1.82, 2.24) is 10.2 Å². The zero-order valence-electron chi connectivity index (χ0n) is 13.6. The second kappa shape index (κ2) is 10.3. The first kappa shape index (κ1) is 18.6. The summed E-state index contributed by atoms with van der Waals surface area (Å²) in [6.07, 6.45) is 4.59. The number of likely N-dealkylation sites (N-methyl/N-ethyl adjacent to an activating group) is 1. The lowest BCUT2D eigenvalue weighted by Crippen LogP contribution is -2.34. The molecule has 0 saturated carbocycles. The Labute approximate surface area is 132 Å². The second-order valence-electron chi connectivity index (χ2n) is 5.79. The van der Waals surface area contributed by atoms with Gasteiger partial charge in [-0.2, -0.15) is 0 Å². The molecule has 1 aromatic carbocycles. The lowest BCUT2D eigenvalue weighted by atomic mass is 10.1. The molecule has 0 fully saturated rings. The fourth-order valence-corrected chi connectivity index (χ4v) is 2.37. The minimum Gasteiger partial charge on any atom is -0.354 e. The third-order valence-corrected chi connectivity index (χ3v) is 3.73. The first-order valence-corrected chi connectivity index (χ1v) is 7.93. The Kier molecular flexibility index (Phi) is 8.70. The number of nitrogens with zero attached hydrogens (tertiary/aromatic N) is 1. The fourth-order valence-electron chi connectivity index (χ4n) is 2.37. The smallest absolute Gasteiger partial charge is 0.220 e. The highest BCUT2D eigenvalue weighted by Gasteiger charge is 2.15. The summed E-state index contributed by atoms with van der Waals surface area (Å²) in [6.45, 7) is 1.24. The van der Waals surface area contributed by atoms with E-state index in [-0.39, 0.29) is 17.8 Å². The predicted octanol–water partition coefficient (Wildman–Crippen LogP) is 2.45. The van der Waals surface area contributed by atoms with Crippen molar-refractivity contribution >= 4 is 5.91 Å². The fraction of sp³-hybridized carbons (Fsp3) is 0.588. The van der Waals surface area contributed by atoms with E-state index in [1.54, 1.807) is 12.1 Å². The highest BCUT2D eigenvalue weighted by Crippen LogP contribution is 2.17. The van der Waals surface area contributed by atoms with Gasteiger partial charge in [0.05, 0.1) is 6.04 Å². The van der Waals surface area contributed by atoms with E-state index in [1.165, 1.54) is 12.1 Å². The van der Waals surface area contributed by atoms with Crippen LogP contribution in [0.3, 0.4) is 0 Å². The number of hydrogen-bond donors (Lipinski definition) is 2. The maximum Gasteiger partial charge on any atom is 0.220 e. The average Bonchev–Trinajstić information content (AvgIpc) is 2.48. The van der Waals surface area contributed by atoms with Crippen LogP contribution in [0.5, 0.6) is 0 Å². The topological polar surface area (TPSA) is 58.4 Å². The molecule has 5 heteroatoms. The van der Waals surface area contributed by atoms with Gasteiger partial charge in [-0.15, -0.1) is 0 Å². The Morgan fingerprint density at radius 1 is 1.18 bits per heavy atom. The molecule has 0 saturated heterocycles. The molecule has 0 spiro atoms. The summed E-state index contributed by atoms with van der Waals surface area (Å²) in [7, 11) is 3.90. The van der Waals surface area contributed by atoms with E-state index in [2.05, 4.69) is 5.32 Å². The molecule has 1 rings (SSSR count). The van der Waals surface area contributed by atoms with E-state index in [1.807, 2.05) is 19.0 Å². The van der Waals surface area contributed by atoms with E-state index < -0.39 is 0 Å². The van der Waals surface area contributed by atoms with Gasteiger partial charge in [0, 0.05) is 13.0 Å². The third kappa shape index (κ3) is 7.00. The Morgan fingerprint density at radius 3 is 2.41 bits per heavy atom. The maximum atomic E-state index is 13.0. The molecule has 1 atom stereocenters. The number of benzene rings is 1. The molecule has 0 radical (unpaired) electrons. The van der Waals surface area contributed by atoms with E-state index >= 15 is 0 Å². The van der Waals surface area contributed by atoms with E-state index in [0.29, 0.717) is 19.5 Å². The summed E-state index contributed by atoms with van der Waals surface area (Å²) in [5, 5.41) is 2.97. The number of amides is 1. The van der Waals surface area contributed by atoms with Crippen LogP contribution < -0.4 is 11.1 Å². The standard InChI is InChI=1S/C17H28FN3O/c1-21(2)16(14-8-10-15(18)11-9-14)13-20-17(22)7-5-3-4-6-12-19/h8-11,16H,3-7,12-13,19H2,1-2H3,(H,20,22). The molecule has 1 amide bonds. The molecule has 0 heterocycles. The van der Waals surface area contributed by atoms with E-state index in [9.17, 15) is 9.18 Å². The van der Waals surface area contributed by atoms with Gasteiger partial charge in [-0.3, -0.25) is 4.79 Å². The molecule has 0 aliphatic carbocycles. The van der Waals surface area contributed by atoms with Crippen molar-refractivity contribution in [2.75, 3.05) is 27.2 Å². The van der Waals surface area contributed by atoms with Crippen LogP contribution in [0, 0.1) is 5.82 Å². The van der Waals surface area contributed by atoms with Crippen LogP contribution in [0.25, 0.3) is 0 Å². The Balaban J connectivity index is 2.38. The van der Waals surface area contributed by atoms with Crippen LogP contribution in [0.15, 0.2) is 24.3 Å². The lowest BCUT2D eigenvalue weighted by molar-refractivity contribution is -0.121. The van der Waals surface area contributed by atoms with Crippen LogP contribution in [0.1, 0.15) is 43.7 Å². The Morgan fingerprint density at radius 2 is 1.82 bits per heavy atom. The maximum absolute atomic E-state index is 13.0. The number of unbranched alkanes of at least 4 members (excludes halogenated alkanes) is 3. The van der Waals surface area contributed by atoms with Crippen molar-refractivity contribution in [3.8, 4) is 0 Å². The first-order valence-electron chi connectivity index (χ1n) is 7.93. The van der Waals surface area contributed by atoms with E-state index in [0.717, 1.165) is 31.2 Å². The number of carbonyl (C=O) groups excluding carboxylic acids is 1. The molecule has 0 bridgehead atoms. The van der Waals surface area contributed by atoms with Crippen molar-refractivity contribution in [3.05, 3.63) is 35.6 Å². The second-order valence-corrected chi connectivity index (χ2v) is 5.79. The van der Waals surface area contributed by atoms with Crippen LogP contribution >= 0.6 is 0 Å². The van der Waals surface area contributed by atoms with Crippen molar-refractivity contribution in [1.29, 1.82) is 0 Å². The predicted molar refractivity (Wildman–Crippen MR) is 88.0 cm³/mol. The van der Waals surface area contributed by atoms with Crippen LogP contribution in [-0.4, -0.2) is 38.0 Å². The van der Waals surface area contributed by atoms with Gasteiger partial charge < -0.3 is 16.0 Å². The number of halogens is 1. The molecule has 22 heavy (non-hydrogen) atoms. The molecule has 3 N–H and O–H groups in total. The van der Waals surface area contributed by atoms with E-state index in [4.69, 9.17) is 5.73 Å². The normalized spacial score (nSPS) is 12.4. The molecule has 4 nitrogen and oxygen atoms in total. The van der Waals surface area contributed by atoms with Gasteiger partial charge in [0.25, 0.3) is 0 Å². The number of nitrogens with one attached hydrogen (secondary N) is 1. The molecule has 1 unspecified atom stereocenters. The van der Waals surface area contributed by atoms with Crippen molar-refractivity contribution in [3.63, 3.8) is 0 Å². The Bertz CT molecular complexity index is 434. The highest BCUT2D eigenvalue weighted by molar-refractivity contribution is 5.75. The quantitative estimate of drug-likeness (QED) is 0.653. The van der Waals surface area contributed by atoms with Crippen molar-refractivity contribution < 1.29 is 9.18 Å². The molecule has 124 valence electrons. The monoisotopic (exact) mass is 309 g/mol. The minimum absolute atomic E-state index is 0.0433. The van der Waals surface area contributed by atoms with Gasteiger partial charge in [0.15, 0.2) is 0 Å². The Hall–Kier alpha value is -1.46. The van der Waals surface area contributed by atoms with Gasteiger partial charge in [0.1, 0.15) is 5.82 Å². The van der Waals surface area contributed by atoms with Crippen molar-refractivity contribution in [2.24, 2.45) is 5.73 Å². The summed E-state index contributed by atoms with van der Waals surface area (Å²) in [4.78, 5) is 13.9. The van der Waals surface area contributed by atoms with Crippen LogP contribution in [-0.2, 0) is 4.79 Å². The third-order valence-electron chi connectivity index (χ3n) is 3.73. The SMILES string of the molecule is CN(C)C(CNC(=O)CCCCCCN)c1ccc(F)cc1. The van der Waals surface area contributed by atoms with Gasteiger partial charge >= 0.3 is 0 Å². The summed E-state index contributed by atoms with van der Waals surface area (Å²) >= 11 is 0. The molecule has 0 aliphatic rings.